The van der Waals surface area contributed by atoms with Gasteiger partial charge in [0.2, 0.25) is 11.9 Å². The number of ether oxygens (including phenoxy) is 1. The van der Waals surface area contributed by atoms with Gasteiger partial charge >= 0.3 is 5.82 Å². The van der Waals surface area contributed by atoms with Crippen LogP contribution in [0.1, 0.15) is 34.6 Å². The summed E-state index contributed by atoms with van der Waals surface area (Å²) in [4.78, 5) is 39.3. The molecule has 1 atom stereocenters. The highest BCUT2D eigenvalue weighted by Crippen LogP contribution is 2.30. The summed E-state index contributed by atoms with van der Waals surface area (Å²) in [5.74, 6) is -1.27. The first kappa shape index (κ1) is 20.7. The monoisotopic (exact) mass is 405 g/mol. The summed E-state index contributed by atoms with van der Waals surface area (Å²) in [5, 5.41) is 14.1. The van der Waals surface area contributed by atoms with Crippen LogP contribution in [0.2, 0.25) is 0 Å². The number of pyridine rings is 1. The van der Waals surface area contributed by atoms with E-state index in [1.165, 1.54) is 13.0 Å². The van der Waals surface area contributed by atoms with Gasteiger partial charge in [-0.25, -0.2) is 0 Å². The lowest BCUT2D eigenvalue weighted by molar-refractivity contribution is -0.390. The molecule has 0 saturated heterocycles. The van der Waals surface area contributed by atoms with Crippen LogP contribution < -0.4 is 10.1 Å². The van der Waals surface area contributed by atoms with E-state index < -0.39 is 22.8 Å². The van der Waals surface area contributed by atoms with E-state index in [4.69, 9.17) is 4.74 Å². The van der Waals surface area contributed by atoms with Gasteiger partial charge in [0.1, 0.15) is 5.69 Å². The molecule has 0 saturated carbocycles. The topological polar surface area (TPSA) is 111 Å². The molecule has 1 amide bonds. The molecule has 2 aromatic carbocycles. The minimum Gasteiger partial charge on any atom is -0.467 e. The van der Waals surface area contributed by atoms with Crippen LogP contribution in [0.25, 0.3) is 0 Å². The van der Waals surface area contributed by atoms with Crippen LogP contribution in [0.4, 0.5) is 11.5 Å². The molecular formula is C22H19N3O5. The van der Waals surface area contributed by atoms with E-state index >= 15 is 0 Å². The molecule has 0 bridgehead atoms. The summed E-state index contributed by atoms with van der Waals surface area (Å²) >= 11 is 0. The maximum Gasteiger partial charge on any atom is 0.406 e. The Balaban J connectivity index is 1.94. The molecule has 8 heteroatoms. The molecule has 8 nitrogen and oxygen atoms in total. The number of hydrogen-bond donors (Lipinski definition) is 1. The van der Waals surface area contributed by atoms with Crippen LogP contribution in [0, 0.1) is 17.0 Å². The van der Waals surface area contributed by atoms with Gasteiger partial charge < -0.3 is 20.2 Å². The molecule has 0 radical (unpaired) electrons. The van der Waals surface area contributed by atoms with Crippen LogP contribution in [0.15, 0.2) is 66.7 Å². The maximum absolute atomic E-state index is 13.0. The molecule has 3 rings (SSSR count). The first-order valence-electron chi connectivity index (χ1n) is 9.10. The number of benzene rings is 2. The van der Waals surface area contributed by atoms with Gasteiger partial charge in [-0.1, -0.05) is 42.5 Å². The Morgan fingerprint density at radius 1 is 1.07 bits per heavy atom. The second-order valence-corrected chi connectivity index (χ2v) is 6.57. The first-order valence-corrected chi connectivity index (χ1v) is 9.10. The normalized spacial score (nSPS) is 11.4. The number of nitro groups is 1. The Kier molecular flexibility index (Phi) is 6.17. The van der Waals surface area contributed by atoms with Gasteiger partial charge in [0, 0.05) is 23.7 Å². The number of Topliss-reactive ketones (excluding diaryl/α,β-unsaturated/α-hetero) is 1. The van der Waals surface area contributed by atoms with Gasteiger partial charge in [-0.05, 0) is 41.1 Å². The Morgan fingerprint density at radius 3 is 2.47 bits per heavy atom. The van der Waals surface area contributed by atoms with Gasteiger partial charge in [-0.3, -0.25) is 9.59 Å². The fourth-order valence-electron chi connectivity index (χ4n) is 2.80. The second kappa shape index (κ2) is 8.95. The van der Waals surface area contributed by atoms with Crippen molar-refractivity contribution in [2.75, 3.05) is 5.32 Å². The molecular weight excluding hydrogens is 386 g/mol. The third-order valence-electron chi connectivity index (χ3n) is 4.27. The first-order chi connectivity index (χ1) is 14.3. The molecule has 152 valence electrons. The fourth-order valence-corrected chi connectivity index (χ4v) is 2.80. The maximum atomic E-state index is 13.0. The van der Waals surface area contributed by atoms with Crippen molar-refractivity contribution in [2.24, 2.45) is 0 Å². The van der Waals surface area contributed by atoms with Gasteiger partial charge in [0.05, 0.1) is 0 Å². The summed E-state index contributed by atoms with van der Waals surface area (Å²) in [5.41, 5.74) is 1.82. The van der Waals surface area contributed by atoms with Crippen molar-refractivity contribution in [1.82, 2.24) is 4.98 Å². The summed E-state index contributed by atoms with van der Waals surface area (Å²) < 4.78 is 5.78. The number of rotatable bonds is 7. The van der Waals surface area contributed by atoms with Crippen molar-refractivity contribution in [3.8, 4) is 5.75 Å². The summed E-state index contributed by atoms with van der Waals surface area (Å²) in [6, 6.07) is 18.1. The quantitative estimate of drug-likeness (QED) is 0.357. The largest absolute Gasteiger partial charge is 0.467 e. The number of nitrogens with zero attached hydrogens (tertiary/aromatic N) is 2. The molecule has 0 aliphatic rings. The Labute approximate surface area is 172 Å². The van der Waals surface area contributed by atoms with E-state index in [2.05, 4.69) is 10.3 Å². The van der Waals surface area contributed by atoms with Crippen LogP contribution in [0.5, 0.6) is 5.75 Å². The average molecular weight is 405 g/mol. The third kappa shape index (κ3) is 4.85. The van der Waals surface area contributed by atoms with Crippen LogP contribution in [0.3, 0.4) is 0 Å². The number of hydrogen-bond acceptors (Lipinski definition) is 6. The smallest absolute Gasteiger partial charge is 0.406 e. The van der Waals surface area contributed by atoms with Gasteiger partial charge in [0.25, 0.3) is 5.91 Å². The second-order valence-electron chi connectivity index (χ2n) is 6.57. The standard InChI is InChI=1S/C22H19N3O5/c1-14-11-12-19(21(23-14)25(28)29)30-20(16-7-4-3-5-8-16)22(27)24-18-10-6-9-17(13-18)15(2)26/h3-13,20H,1-2H3,(H,24,27). The Bertz CT molecular complexity index is 1100. The number of anilines is 1. The highest BCUT2D eigenvalue weighted by molar-refractivity contribution is 5.98. The molecule has 1 unspecified atom stereocenters. The van der Waals surface area contributed by atoms with Crippen LogP contribution in [-0.4, -0.2) is 21.6 Å². The van der Waals surface area contributed by atoms with E-state index in [0.717, 1.165) is 0 Å². The number of nitrogens with one attached hydrogen (secondary N) is 1. The number of carbonyl (C=O) groups excluding carboxylic acids is 2. The number of aromatic nitrogens is 1. The lowest BCUT2D eigenvalue weighted by Gasteiger charge is -2.19. The lowest BCUT2D eigenvalue weighted by Crippen LogP contribution is -2.26. The Hall–Kier alpha value is -4.07. The van der Waals surface area contributed by atoms with E-state index in [1.807, 2.05) is 0 Å². The molecule has 3 aromatic rings. The predicted molar refractivity (Wildman–Crippen MR) is 111 cm³/mol. The minimum atomic E-state index is -1.17. The van der Waals surface area contributed by atoms with Crippen molar-refractivity contribution in [1.29, 1.82) is 0 Å². The lowest BCUT2D eigenvalue weighted by atomic mass is 10.1. The molecule has 1 heterocycles. The molecule has 0 spiro atoms. The van der Waals surface area contributed by atoms with E-state index in [0.29, 0.717) is 22.5 Å². The zero-order valence-corrected chi connectivity index (χ0v) is 16.4. The minimum absolute atomic E-state index is 0.118. The zero-order valence-electron chi connectivity index (χ0n) is 16.4. The SMILES string of the molecule is CC(=O)c1cccc(NC(=O)C(Oc2ccc(C)nc2[N+](=O)[O-])c2ccccc2)c1. The highest BCUT2D eigenvalue weighted by Gasteiger charge is 2.27. The fraction of sp³-hybridized carbons (Fsp3) is 0.136. The van der Waals surface area contributed by atoms with E-state index in [9.17, 15) is 19.7 Å². The molecule has 1 aromatic heterocycles. The van der Waals surface area contributed by atoms with Crippen LogP contribution >= 0.6 is 0 Å². The van der Waals surface area contributed by atoms with Crippen molar-refractivity contribution in [2.45, 2.75) is 20.0 Å². The molecule has 0 fully saturated rings. The molecule has 0 aliphatic heterocycles. The van der Waals surface area contributed by atoms with Crippen molar-refractivity contribution in [3.63, 3.8) is 0 Å². The highest BCUT2D eigenvalue weighted by atomic mass is 16.6. The summed E-state index contributed by atoms with van der Waals surface area (Å²) in [6.07, 6.45) is -1.17. The third-order valence-corrected chi connectivity index (χ3v) is 4.27. The van der Waals surface area contributed by atoms with Crippen molar-refractivity contribution < 1.29 is 19.2 Å². The summed E-state index contributed by atoms with van der Waals surface area (Å²) in [7, 11) is 0. The van der Waals surface area contributed by atoms with E-state index in [1.54, 1.807) is 67.6 Å². The van der Waals surface area contributed by atoms with Gasteiger partial charge in [0.15, 0.2) is 5.78 Å². The number of carbonyl (C=O) groups is 2. The number of ketones is 1. The molecule has 30 heavy (non-hydrogen) atoms. The average Bonchev–Trinajstić information content (AvgIpc) is 2.73. The number of amides is 1. The summed E-state index contributed by atoms with van der Waals surface area (Å²) in [6.45, 7) is 3.06. The van der Waals surface area contributed by atoms with Crippen LogP contribution in [-0.2, 0) is 4.79 Å². The zero-order chi connectivity index (χ0) is 21.7. The predicted octanol–water partition coefficient (Wildman–Crippen LogP) is 4.26. The molecule has 0 aliphatic carbocycles. The Morgan fingerprint density at radius 2 is 1.80 bits per heavy atom. The van der Waals surface area contributed by atoms with Gasteiger partial charge in [-0.2, -0.15) is 0 Å². The number of aryl methyl sites for hydroxylation is 1. The van der Waals surface area contributed by atoms with Gasteiger partial charge in [-0.15, -0.1) is 0 Å². The van der Waals surface area contributed by atoms with Crippen molar-refractivity contribution >= 4 is 23.2 Å². The van der Waals surface area contributed by atoms with Crippen molar-refractivity contribution in [3.05, 3.63) is 93.7 Å². The van der Waals surface area contributed by atoms with E-state index in [-0.39, 0.29) is 11.5 Å². The molecule has 1 N–H and O–H groups in total.